The lowest BCUT2D eigenvalue weighted by molar-refractivity contribution is 1.01. The molecule has 0 aliphatic rings. The molecule has 3 nitrogen and oxygen atoms in total. The van der Waals surface area contributed by atoms with E-state index in [9.17, 15) is 0 Å². The molecule has 0 bridgehead atoms. The summed E-state index contributed by atoms with van der Waals surface area (Å²) in [5, 5.41) is 4.32. The molecular weight excluding hydrogens is 245 g/mol. The van der Waals surface area contributed by atoms with Crippen LogP contribution in [0.3, 0.4) is 0 Å². The highest BCUT2D eigenvalue weighted by atomic mass is 35.5. The summed E-state index contributed by atoms with van der Waals surface area (Å²) in [6.45, 7) is 0.539. The third kappa shape index (κ3) is 2.62. The third-order valence-corrected chi connectivity index (χ3v) is 2.66. The van der Waals surface area contributed by atoms with Crippen LogP contribution in [0.2, 0.25) is 10.0 Å². The summed E-state index contributed by atoms with van der Waals surface area (Å²) in [5.41, 5.74) is 1.55. The van der Waals surface area contributed by atoms with Crippen molar-refractivity contribution in [2.75, 3.05) is 5.32 Å². The van der Waals surface area contributed by atoms with E-state index in [0.717, 1.165) is 11.4 Å². The first-order valence-electron chi connectivity index (χ1n) is 4.70. The zero-order valence-corrected chi connectivity index (χ0v) is 9.83. The first-order chi connectivity index (χ1) is 7.77. The van der Waals surface area contributed by atoms with Gasteiger partial charge in [-0.2, -0.15) is 0 Å². The fraction of sp³-hybridized carbons (Fsp3) is 0.0909. The Morgan fingerprint density at radius 1 is 1.12 bits per heavy atom. The summed E-state index contributed by atoms with van der Waals surface area (Å²) >= 11 is 12.0. The topological polar surface area (TPSA) is 37.8 Å². The Morgan fingerprint density at radius 2 is 1.88 bits per heavy atom. The maximum absolute atomic E-state index is 6.01. The number of halogens is 2. The highest BCUT2D eigenvalue weighted by Crippen LogP contribution is 2.29. The fourth-order valence-corrected chi connectivity index (χ4v) is 1.80. The molecule has 0 aliphatic carbocycles. The number of aromatic nitrogens is 2. The van der Waals surface area contributed by atoms with Gasteiger partial charge in [0.05, 0.1) is 34.2 Å². The van der Waals surface area contributed by atoms with Crippen LogP contribution in [0, 0.1) is 0 Å². The smallest absolute Gasteiger partial charge is 0.0777 e. The molecule has 0 unspecified atom stereocenters. The second-order valence-electron chi connectivity index (χ2n) is 3.15. The van der Waals surface area contributed by atoms with Crippen LogP contribution in [0.5, 0.6) is 0 Å². The largest absolute Gasteiger partial charge is 0.377 e. The van der Waals surface area contributed by atoms with Crippen LogP contribution in [-0.4, -0.2) is 9.97 Å². The molecule has 1 heterocycles. The fourth-order valence-electron chi connectivity index (χ4n) is 1.27. The van der Waals surface area contributed by atoms with Crippen molar-refractivity contribution in [3.63, 3.8) is 0 Å². The molecule has 0 radical (unpaired) electrons. The lowest BCUT2D eigenvalue weighted by atomic mass is 10.3. The minimum atomic E-state index is 0.539. The van der Waals surface area contributed by atoms with Crippen molar-refractivity contribution in [3.05, 3.63) is 52.5 Å². The van der Waals surface area contributed by atoms with Gasteiger partial charge in [-0.3, -0.25) is 9.97 Å². The molecule has 2 aromatic rings. The second-order valence-corrected chi connectivity index (χ2v) is 3.96. The van der Waals surface area contributed by atoms with Crippen molar-refractivity contribution in [1.29, 1.82) is 0 Å². The zero-order chi connectivity index (χ0) is 11.4. The van der Waals surface area contributed by atoms with Gasteiger partial charge >= 0.3 is 0 Å². The number of hydrogen-bond acceptors (Lipinski definition) is 3. The molecule has 82 valence electrons. The van der Waals surface area contributed by atoms with Crippen molar-refractivity contribution in [3.8, 4) is 0 Å². The average Bonchev–Trinajstić information content (AvgIpc) is 2.30. The van der Waals surface area contributed by atoms with Crippen molar-refractivity contribution in [1.82, 2.24) is 9.97 Å². The van der Waals surface area contributed by atoms with Crippen LogP contribution in [-0.2, 0) is 6.54 Å². The summed E-state index contributed by atoms with van der Waals surface area (Å²) in [5.74, 6) is 0. The van der Waals surface area contributed by atoms with E-state index < -0.39 is 0 Å². The number of rotatable bonds is 3. The van der Waals surface area contributed by atoms with E-state index in [-0.39, 0.29) is 0 Å². The Labute approximate surface area is 103 Å². The van der Waals surface area contributed by atoms with Crippen LogP contribution in [0.15, 0.2) is 36.8 Å². The van der Waals surface area contributed by atoms with Gasteiger partial charge in [0.2, 0.25) is 0 Å². The van der Waals surface area contributed by atoms with E-state index in [1.165, 1.54) is 0 Å². The van der Waals surface area contributed by atoms with E-state index in [2.05, 4.69) is 15.3 Å². The molecule has 2 rings (SSSR count). The molecule has 1 aromatic carbocycles. The van der Waals surface area contributed by atoms with Gasteiger partial charge in [0.15, 0.2) is 0 Å². The molecule has 0 atom stereocenters. The highest BCUT2D eigenvalue weighted by Gasteiger charge is 2.04. The van der Waals surface area contributed by atoms with E-state index in [1.807, 2.05) is 0 Å². The molecule has 0 saturated heterocycles. The Morgan fingerprint density at radius 3 is 2.50 bits per heavy atom. The molecule has 0 amide bonds. The van der Waals surface area contributed by atoms with Gasteiger partial charge in [-0.15, -0.1) is 0 Å². The lowest BCUT2D eigenvalue weighted by Gasteiger charge is -2.09. The normalized spacial score (nSPS) is 10.1. The van der Waals surface area contributed by atoms with Crippen molar-refractivity contribution in [2.24, 2.45) is 0 Å². The monoisotopic (exact) mass is 253 g/mol. The van der Waals surface area contributed by atoms with Crippen LogP contribution in [0.25, 0.3) is 0 Å². The standard InChI is InChI=1S/C11H9Cl2N3/c12-9-2-1-3-10(13)11(9)16-7-8-6-14-4-5-15-8/h1-6,16H,7H2. The number of nitrogens with zero attached hydrogens (tertiary/aromatic N) is 2. The zero-order valence-electron chi connectivity index (χ0n) is 8.32. The van der Waals surface area contributed by atoms with Gasteiger partial charge in [0.25, 0.3) is 0 Å². The van der Waals surface area contributed by atoms with Crippen LogP contribution in [0.4, 0.5) is 5.69 Å². The number of nitrogens with one attached hydrogen (secondary N) is 1. The van der Waals surface area contributed by atoms with Gasteiger partial charge in [-0.05, 0) is 12.1 Å². The molecule has 5 heteroatoms. The summed E-state index contributed by atoms with van der Waals surface area (Å²) in [7, 11) is 0. The predicted octanol–water partition coefficient (Wildman–Crippen LogP) is 3.40. The summed E-state index contributed by atoms with van der Waals surface area (Å²) in [6, 6.07) is 5.37. The van der Waals surface area contributed by atoms with Crippen LogP contribution in [0.1, 0.15) is 5.69 Å². The van der Waals surface area contributed by atoms with Gasteiger partial charge in [0, 0.05) is 12.4 Å². The van der Waals surface area contributed by atoms with Crippen LogP contribution < -0.4 is 5.32 Å². The van der Waals surface area contributed by atoms with Crippen molar-refractivity contribution >= 4 is 28.9 Å². The molecule has 0 saturated carbocycles. The minimum absolute atomic E-state index is 0.539. The molecule has 1 N–H and O–H groups in total. The number of anilines is 1. The number of hydrogen-bond donors (Lipinski definition) is 1. The van der Waals surface area contributed by atoms with Crippen molar-refractivity contribution in [2.45, 2.75) is 6.54 Å². The quantitative estimate of drug-likeness (QED) is 0.912. The van der Waals surface area contributed by atoms with E-state index in [0.29, 0.717) is 16.6 Å². The SMILES string of the molecule is Clc1cccc(Cl)c1NCc1cnccn1. The maximum Gasteiger partial charge on any atom is 0.0777 e. The Kier molecular flexibility index (Phi) is 3.59. The minimum Gasteiger partial charge on any atom is -0.377 e. The Hall–Kier alpha value is -1.32. The van der Waals surface area contributed by atoms with Crippen LogP contribution >= 0.6 is 23.2 Å². The Balaban J connectivity index is 2.11. The molecule has 16 heavy (non-hydrogen) atoms. The second kappa shape index (κ2) is 5.14. The van der Waals surface area contributed by atoms with Gasteiger partial charge < -0.3 is 5.32 Å². The lowest BCUT2D eigenvalue weighted by Crippen LogP contribution is -2.02. The summed E-state index contributed by atoms with van der Waals surface area (Å²) < 4.78 is 0. The maximum atomic E-state index is 6.01. The molecule has 0 aliphatic heterocycles. The molecular formula is C11H9Cl2N3. The molecule has 1 aromatic heterocycles. The Bertz CT molecular complexity index is 454. The number of benzene rings is 1. The van der Waals surface area contributed by atoms with Gasteiger partial charge in [-0.25, -0.2) is 0 Å². The summed E-state index contributed by atoms with van der Waals surface area (Å²) in [4.78, 5) is 8.12. The first kappa shape index (κ1) is 11.2. The number of para-hydroxylation sites is 1. The van der Waals surface area contributed by atoms with Crippen molar-refractivity contribution < 1.29 is 0 Å². The van der Waals surface area contributed by atoms with Gasteiger partial charge in [-0.1, -0.05) is 29.3 Å². The average molecular weight is 254 g/mol. The van der Waals surface area contributed by atoms with E-state index >= 15 is 0 Å². The molecule has 0 fully saturated rings. The first-order valence-corrected chi connectivity index (χ1v) is 5.46. The predicted molar refractivity (Wildman–Crippen MR) is 65.8 cm³/mol. The van der Waals surface area contributed by atoms with E-state index in [4.69, 9.17) is 23.2 Å². The third-order valence-electron chi connectivity index (χ3n) is 2.03. The van der Waals surface area contributed by atoms with Gasteiger partial charge in [0.1, 0.15) is 0 Å². The highest BCUT2D eigenvalue weighted by molar-refractivity contribution is 6.39. The molecule has 0 spiro atoms. The summed E-state index contributed by atoms with van der Waals surface area (Å²) in [6.07, 6.45) is 4.97. The van der Waals surface area contributed by atoms with E-state index in [1.54, 1.807) is 36.8 Å².